The molecule has 1 aromatic heterocycles. The minimum Gasteiger partial charge on any atom is -0.481 e. The number of fused-ring (bicyclic) bond motifs is 1. The van der Waals surface area contributed by atoms with Crippen molar-refractivity contribution in [3.63, 3.8) is 0 Å². The molecular formula is C16H23BLiO6. The van der Waals surface area contributed by atoms with Crippen LogP contribution in [0.4, 0.5) is 0 Å². The van der Waals surface area contributed by atoms with Crippen LogP contribution in [0.25, 0.3) is 11.0 Å². The number of hydrogen-bond donors (Lipinski definition) is 0. The topological polar surface area (TPSA) is 59.3 Å². The molecule has 0 unspecified atom stereocenters. The van der Waals surface area contributed by atoms with Crippen LogP contribution in [-0.4, -0.2) is 37.4 Å². The van der Waals surface area contributed by atoms with Gasteiger partial charge in [0.1, 0.15) is 5.58 Å². The van der Waals surface area contributed by atoms with Crippen molar-refractivity contribution in [3.05, 3.63) is 30.3 Å². The molecule has 0 fully saturated rings. The fourth-order valence-corrected chi connectivity index (χ4v) is 1.53. The molecule has 1 aromatic carbocycles. The number of hydrogen-bond acceptors (Lipinski definition) is 6. The van der Waals surface area contributed by atoms with Gasteiger partial charge in [-0.1, -0.05) is 18.2 Å². The van der Waals surface area contributed by atoms with Crippen LogP contribution < -0.4 is 4.65 Å². The Labute approximate surface area is 154 Å². The standard InChI is InChI=1S/C16H23BO6.Li/c1-15(2,3)20-22-17(23-21-16(4,5)6)19-14-11-12-9-7-8-10-13(12)18-14;/h7-11H,1-6H3;. The molecule has 2 rings (SSSR count). The van der Waals surface area contributed by atoms with Crippen molar-refractivity contribution >= 4 is 37.2 Å². The van der Waals surface area contributed by atoms with Crippen molar-refractivity contribution < 1.29 is 28.5 Å². The number of para-hydroxylation sites is 1. The number of benzene rings is 1. The van der Waals surface area contributed by atoms with Crippen molar-refractivity contribution in [2.24, 2.45) is 0 Å². The van der Waals surface area contributed by atoms with Crippen molar-refractivity contribution in [1.29, 1.82) is 0 Å². The first-order chi connectivity index (χ1) is 10.6. The zero-order valence-corrected chi connectivity index (χ0v) is 15.4. The maximum absolute atomic E-state index is 5.57. The van der Waals surface area contributed by atoms with E-state index in [4.69, 9.17) is 28.5 Å². The summed E-state index contributed by atoms with van der Waals surface area (Å²) in [6.07, 6.45) is 0. The Balaban J connectivity index is 0.00000288. The Kier molecular flexibility index (Phi) is 7.42. The molecule has 8 heteroatoms. The molecule has 0 aliphatic rings. The van der Waals surface area contributed by atoms with Crippen molar-refractivity contribution in [2.45, 2.75) is 52.7 Å². The van der Waals surface area contributed by atoms with Gasteiger partial charge in [0, 0.05) is 30.3 Å². The Bertz CT molecular complexity index is 580. The summed E-state index contributed by atoms with van der Waals surface area (Å²) in [5.74, 6) is 0.242. The maximum Gasteiger partial charge on any atom is 0.772 e. The largest absolute Gasteiger partial charge is 0.772 e. The first kappa shape index (κ1) is 21.1. The predicted octanol–water partition coefficient (Wildman–Crippen LogP) is 3.91. The monoisotopic (exact) mass is 329 g/mol. The molecule has 0 N–H and O–H groups in total. The normalized spacial score (nSPS) is 12.1. The summed E-state index contributed by atoms with van der Waals surface area (Å²) < 4.78 is 11.1. The third-order valence-electron chi connectivity index (χ3n) is 2.37. The quantitative estimate of drug-likeness (QED) is 0.455. The smallest absolute Gasteiger partial charge is 0.481 e. The minimum atomic E-state index is -1.23. The van der Waals surface area contributed by atoms with Gasteiger partial charge < -0.3 is 9.07 Å². The van der Waals surface area contributed by atoms with Crippen LogP contribution in [0.15, 0.2) is 34.7 Å². The Morgan fingerprint density at radius 2 is 1.42 bits per heavy atom. The second-order valence-corrected chi connectivity index (χ2v) is 7.09. The molecule has 0 saturated carbocycles. The fraction of sp³-hybridized carbons (Fsp3) is 0.500. The van der Waals surface area contributed by atoms with Gasteiger partial charge in [-0.05, 0) is 47.6 Å². The molecule has 0 spiro atoms. The summed E-state index contributed by atoms with van der Waals surface area (Å²) in [6, 6.07) is 9.29. The summed E-state index contributed by atoms with van der Waals surface area (Å²) in [4.78, 5) is 20.8. The van der Waals surface area contributed by atoms with Crippen LogP contribution in [0, 0.1) is 0 Å². The van der Waals surface area contributed by atoms with Gasteiger partial charge in [0.05, 0.1) is 11.2 Å². The molecule has 24 heavy (non-hydrogen) atoms. The summed E-state index contributed by atoms with van der Waals surface area (Å²) in [5.41, 5.74) is -0.351. The summed E-state index contributed by atoms with van der Waals surface area (Å²) in [6.45, 7) is 11.1. The second-order valence-electron chi connectivity index (χ2n) is 7.09. The molecule has 0 aliphatic carbocycles. The molecule has 6 nitrogen and oxygen atoms in total. The van der Waals surface area contributed by atoms with Crippen LogP contribution in [-0.2, 0) is 19.4 Å². The molecule has 0 amide bonds. The van der Waals surface area contributed by atoms with Gasteiger partial charge in [-0.2, -0.15) is 0 Å². The fourth-order valence-electron chi connectivity index (χ4n) is 1.53. The van der Waals surface area contributed by atoms with Crippen LogP contribution in [0.3, 0.4) is 0 Å². The van der Waals surface area contributed by atoms with E-state index in [1.807, 2.05) is 65.8 Å². The minimum absolute atomic E-state index is 0. The van der Waals surface area contributed by atoms with E-state index in [0.29, 0.717) is 5.58 Å². The SMILES string of the molecule is CC(C)(C)OOB(OOC(C)(C)C)Oc1cc2ccccc2o1.[Li]. The van der Waals surface area contributed by atoms with E-state index >= 15 is 0 Å². The molecule has 1 heterocycles. The summed E-state index contributed by atoms with van der Waals surface area (Å²) >= 11 is 0. The van der Waals surface area contributed by atoms with Gasteiger partial charge in [-0.15, -0.1) is 0 Å². The third-order valence-corrected chi connectivity index (χ3v) is 2.37. The van der Waals surface area contributed by atoms with E-state index in [1.165, 1.54) is 0 Å². The van der Waals surface area contributed by atoms with Gasteiger partial charge >= 0.3 is 7.32 Å². The Hall–Kier alpha value is -0.938. The van der Waals surface area contributed by atoms with E-state index in [-0.39, 0.29) is 24.8 Å². The van der Waals surface area contributed by atoms with Crippen LogP contribution in [0.5, 0.6) is 5.95 Å². The molecule has 0 aliphatic heterocycles. The van der Waals surface area contributed by atoms with Gasteiger partial charge in [0.15, 0.2) is 0 Å². The molecular weight excluding hydrogens is 306 g/mol. The first-order valence-electron chi connectivity index (χ1n) is 7.47. The Morgan fingerprint density at radius 1 is 0.875 bits per heavy atom. The van der Waals surface area contributed by atoms with E-state index in [9.17, 15) is 0 Å². The van der Waals surface area contributed by atoms with Gasteiger partial charge in [0.2, 0.25) is 0 Å². The molecule has 0 bridgehead atoms. The van der Waals surface area contributed by atoms with Crippen molar-refractivity contribution in [1.82, 2.24) is 0 Å². The van der Waals surface area contributed by atoms with Crippen LogP contribution >= 0.6 is 0 Å². The van der Waals surface area contributed by atoms with Crippen molar-refractivity contribution in [2.75, 3.05) is 0 Å². The molecule has 127 valence electrons. The van der Waals surface area contributed by atoms with Gasteiger partial charge in [-0.25, -0.2) is 19.4 Å². The number of rotatable bonds is 6. The average Bonchev–Trinajstić information content (AvgIpc) is 2.82. The number of furan rings is 1. The van der Waals surface area contributed by atoms with Gasteiger partial charge in [-0.3, -0.25) is 0 Å². The van der Waals surface area contributed by atoms with E-state index in [2.05, 4.69) is 0 Å². The average molecular weight is 329 g/mol. The summed E-state index contributed by atoms with van der Waals surface area (Å²) in [7, 11) is -1.23. The van der Waals surface area contributed by atoms with Crippen LogP contribution in [0.2, 0.25) is 0 Å². The third kappa shape index (κ3) is 7.31. The van der Waals surface area contributed by atoms with E-state index < -0.39 is 18.5 Å². The van der Waals surface area contributed by atoms with E-state index in [0.717, 1.165) is 5.39 Å². The maximum atomic E-state index is 5.57. The first-order valence-corrected chi connectivity index (χ1v) is 7.47. The van der Waals surface area contributed by atoms with E-state index in [1.54, 1.807) is 6.07 Å². The van der Waals surface area contributed by atoms with Gasteiger partial charge in [0.25, 0.3) is 5.95 Å². The zero-order chi connectivity index (χ0) is 17.1. The predicted molar refractivity (Wildman–Crippen MR) is 92.2 cm³/mol. The molecule has 2 aromatic rings. The van der Waals surface area contributed by atoms with Crippen LogP contribution in [0.1, 0.15) is 41.5 Å². The summed E-state index contributed by atoms with van der Waals surface area (Å²) in [5, 5.41) is 0.912. The molecule has 0 atom stereocenters. The zero-order valence-electron chi connectivity index (χ0n) is 15.4. The molecule has 0 saturated heterocycles. The Morgan fingerprint density at radius 3 is 1.92 bits per heavy atom. The second kappa shape index (κ2) is 8.44. The molecule has 1 radical (unpaired) electrons. The van der Waals surface area contributed by atoms with Crippen molar-refractivity contribution in [3.8, 4) is 5.95 Å².